The minimum atomic E-state index is -2.44. The smallest absolute Gasteiger partial charge is 0.208 e. The van der Waals surface area contributed by atoms with Gasteiger partial charge in [0.15, 0.2) is 40.5 Å². The summed E-state index contributed by atoms with van der Waals surface area (Å²) in [6.07, 6.45) is 0. The van der Waals surface area contributed by atoms with Crippen LogP contribution in [0.15, 0.2) is 103 Å². The third-order valence-corrected chi connectivity index (χ3v) is 9.49. The molecule has 1 aliphatic carbocycles. The van der Waals surface area contributed by atoms with E-state index in [4.69, 9.17) is 15.0 Å². The van der Waals surface area contributed by atoms with Gasteiger partial charge in [-0.15, -0.1) is 0 Å². The lowest BCUT2D eigenvalue weighted by atomic mass is 9.65. The molecule has 0 spiro atoms. The molecule has 0 saturated heterocycles. The Morgan fingerprint density at radius 2 is 0.679 bits per heavy atom. The molecule has 13 heteroatoms. The monoisotopic (exact) mass is 709 g/mol. The van der Waals surface area contributed by atoms with E-state index in [1.807, 2.05) is 60.7 Å². The second-order valence-corrected chi connectivity index (χ2v) is 12.3. The first kappa shape index (κ1) is 32.5. The fraction of sp³-hybridized carbons (Fsp3) is 0.0250. The third kappa shape index (κ3) is 4.54. The average molecular weight is 710 g/mol. The Hall–Kier alpha value is -7.67. The molecule has 13 nitrogen and oxygen atoms in total. The molecule has 1 aliphatic rings. The number of aromatic hydroxyl groups is 10. The summed E-state index contributed by atoms with van der Waals surface area (Å²) >= 11 is 0. The number of phenols is 10. The van der Waals surface area contributed by atoms with Crippen molar-refractivity contribution >= 4 is 0 Å². The van der Waals surface area contributed by atoms with Gasteiger partial charge in [-0.1, -0.05) is 97.1 Å². The van der Waals surface area contributed by atoms with Crippen molar-refractivity contribution in [1.82, 2.24) is 15.0 Å². The van der Waals surface area contributed by atoms with E-state index in [2.05, 4.69) is 0 Å². The molecule has 0 fully saturated rings. The molecule has 10 N–H and O–H groups in total. The summed E-state index contributed by atoms with van der Waals surface area (Å²) in [7, 11) is 0. The Kier molecular flexibility index (Phi) is 7.18. The van der Waals surface area contributed by atoms with Crippen molar-refractivity contribution in [2.75, 3.05) is 0 Å². The van der Waals surface area contributed by atoms with Crippen LogP contribution in [0.5, 0.6) is 57.5 Å². The van der Waals surface area contributed by atoms with Crippen molar-refractivity contribution in [3.63, 3.8) is 0 Å². The minimum absolute atomic E-state index is 0.0318. The number of aromatic nitrogens is 3. The number of benzene rings is 6. The zero-order valence-corrected chi connectivity index (χ0v) is 27.1. The Morgan fingerprint density at radius 1 is 0.321 bits per heavy atom. The van der Waals surface area contributed by atoms with Gasteiger partial charge in [0.25, 0.3) is 0 Å². The molecule has 0 atom stereocenters. The summed E-state index contributed by atoms with van der Waals surface area (Å²) in [4.78, 5) is 14.3. The first-order chi connectivity index (χ1) is 25.5. The number of fused-ring (bicyclic) bond motifs is 3. The molecule has 1 heterocycles. The van der Waals surface area contributed by atoms with Gasteiger partial charge >= 0.3 is 0 Å². The lowest BCUT2D eigenvalue weighted by Gasteiger charge is -2.36. The highest BCUT2D eigenvalue weighted by Gasteiger charge is 2.55. The summed E-state index contributed by atoms with van der Waals surface area (Å²) in [5, 5.41) is 110. The number of phenolic OH excluding ortho intramolecular Hbond substituents is 10. The van der Waals surface area contributed by atoms with Crippen molar-refractivity contribution in [2.45, 2.75) is 5.41 Å². The third-order valence-electron chi connectivity index (χ3n) is 9.49. The van der Waals surface area contributed by atoms with Crippen LogP contribution in [-0.2, 0) is 5.41 Å². The van der Waals surface area contributed by atoms with Gasteiger partial charge in [0.05, 0.1) is 16.5 Å². The second kappa shape index (κ2) is 11.7. The molecule has 0 amide bonds. The van der Waals surface area contributed by atoms with Gasteiger partial charge in [0.1, 0.15) is 0 Å². The highest BCUT2D eigenvalue weighted by molar-refractivity contribution is 5.93. The number of hydrogen-bond acceptors (Lipinski definition) is 13. The van der Waals surface area contributed by atoms with Crippen LogP contribution < -0.4 is 0 Å². The predicted molar refractivity (Wildman–Crippen MR) is 190 cm³/mol. The number of rotatable bonds is 5. The summed E-state index contributed by atoms with van der Waals surface area (Å²) < 4.78 is 0. The van der Waals surface area contributed by atoms with Gasteiger partial charge in [-0.25, -0.2) is 15.0 Å². The van der Waals surface area contributed by atoms with E-state index >= 15 is 0 Å². The summed E-state index contributed by atoms with van der Waals surface area (Å²) in [5.41, 5.74) is -1.49. The van der Waals surface area contributed by atoms with Crippen molar-refractivity contribution in [3.8, 4) is 103 Å². The van der Waals surface area contributed by atoms with E-state index in [0.717, 1.165) is 0 Å². The van der Waals surface area contributed by atoms with Crippen LogP contribution in [0.2, 0.25) is 0 Å². The lowest BCUT2D eigenvalue weighted by molar-refractivity contribution is 0.312. The first-order valence-corrected chi connectivity index (χ1v) is 16.0. The van der Waals surface area contributed by atoms with Crippen molar-refractivity contribution in [3.05, 3.63) is 125 Å². The molecule has 1 aromatic heterocycles. The van der Waals surface area contributed by atoms with E-state index < -0.39 is 74.0 Å². The van der Waals surface area contributed by atoms with Gasteiger partial charge < -0.3 is 51.1 Å². The van der Waals surface area contributed by atoms with Crippen LogP contribution in [-0.4, -0.2) is 66.0 Å². The lowest BCUT2D eigenvalue weighted by Crippen LogP contribution is -2.29. The highest BCUT2D eigenvalue weighted by atomic mass is 16.4. The van der Waals surface area contributed by atoms with E-state index in [-0.39, 0.29) is 17.0 Å². The Balaban J connectivity index is 1.53. The highest BCUT2D eigenvalue weighted by Crippen LogP contribution is 2.68. The fourth-order valence-corrected chi connectivity index (χ4v) is 7.10. The molecule has 0 bridgehead atoms. The molecule has 0 aliphatic heterocycles. The van der Waals surface area contributed by atoms with Crippen LogP contribution in [0, 0.1) is 0 Å². The van der Waals surface area contributed by atoms with Crippen molar-refractivity contribution in [1.29, 1.82) is 0 Å². The van der Waals surface area contributed by atoms with Gasteiger partial charge in [0.2, 0.25) is 34.5 Å². The normalized spacial score (nSPS) is 12.7. The molecular formula is C40H27N3O10. The van der Waals surface area contributed by atoms with Crippen molar-refractivity contribution in [2.24, 2.45) is 0 Å². The molecule has 7 aromatic rings. The van der Waals surface area contributed by atoms with Crippen LogP contribution in [0.4, 0.5) is 0 Å². The molecule has 6 aromatic carbocycles. The van der Waals surface area contributed by atoms with Gasteiger partial charge in [-0.3, -0.25) is 0 Å². The van der Waals surface area contributed by atoms with E-state index in [1.54, 1.807) is 30.3 Å². The molecule has 262 valence electrons. The molecule has 0 saturated carbocycles. The van der Waals surface area contributed by atoms with Crippen LogP contribution in [0.3, 0.4) is 0 Å². The van der Waals surface area contributed by atoms with E-state index in [9.17, 15) is 51.1 Å². The van der Waals surface area contributed by atoms with E-state index in [0.29, 0.717) is 39.5 Å². The fourth-order valence-electron chi connectivity index (χ4n) is 7.10. The maximum atomic E-state index is 11.6. The Bertz CT molecular complexity index is 2450. The van der Waals surface area contributed by atoms with Gasteiger partial charge in [0, 0.05) is 16.7 Å². The maximum absolute atomic E-state index is 11.6. The van der Waals surface area contributed by atoms with Crippen LogP contribution in [0.1, 0.15) is 22.3 Å². The van der Waals surface area contributed by atoms with Crippen LogP contribution >= 0.6 is 0 Å². The zero-order valence-electron chi connectivity index (χ0n) is 27.1. The zero-order chi connectivity index (χ0) is 37.3. The number of nitrogens with zero attached hydrogens (tertiary/aromatic N) is 3. The summed E-state index contributed by atoms with van der Waals surface area (Å²) in [5.74, 6) is -11.7. The first-order valence-electron chi connectivity index (χ1n) is 16.0. The van der Waals surface area contributed by atoms with Gasteiger partial charge in [-0.2, -0.15) is 0 Å². The maximum Gasteiger partial charge on any atom is 0.208 e. The topological polar surface area (TPSA) is 241 Å². The molecule has 0 unspecified atom stereocenters. The van der Waals surface area contributed by atoms with Crippen LogP contribution in [0.25, 0.3) is 45.3 Å². The van der Waals surface area contributed by atoms with E-state index in [1.165, 1.54) is 12.1 Å². The second-order valence-electron chi connectivity index (χ2n) is 12.3. The Morgan fingerprint density at radius 3 is 1.13 bits per heavy atom. The minimum Gasteiger partial charge on any atom is -0.504 e. The summed E-state index contributed by atoms with van der Waals surface area (Å²) in [6.45, 7) is 0. The van der Waals surface area contributed by atoms with Gasteiger partial charge in [-0.05, 0) is 28.3 Å². The molecular weight excluding hydrogens is 682 g/mol. The van der Waals surface area contributed by atoms with Crippen molar-refractivity contribution < 1.29 is 51.1 Å². The number of hydrogen-bond donors (Lipinski definition) is 10. The predicted octanol–water partition coefficient (Wildman–Crippen LogP) is 6.29. The average Bonchev–Trinajstić information content (AvgIpc) is 3.48. The molecule has 53 heavy (non-hydrogen) atoms. The molecule has 8 rings (SSSR count). The SMILES string of the molecule is Oc1c(O)c(O)c(C2(c3c(O)c(O)c(O)c(O)c3O)c3ccccc3-c3ccc(-c4nc(-c5ccccc5)nc(-c5ccccc5)n4)cc32)c(O)c1O. The quantitative estimate of drug-likeness (QED) is 0.0699. The summed E-state index contributed by atoms with van der Waals surface area (Å²) in [6, 6.07) is 29.4. The largest absolute Gasteiger partial charge is 0.504 e. The molecule has 0 radical (unpaired) electrons. The Labute approximate surface area is 299 Å². The standard InChI is InChI=1S/C40H27N3O10/c44-27-25(28(45)32(49)35(52)31(27)48)40(26-29(46)33(50)36(53)34(51)30(26)47)23-14-8-7-13-21(23)22-16-15-20(17-24(22)40)39-42-37(18-9-3-1-4-10-18)41-38(43-39)19-11-5-2-6-12-19/h1-17,44-53H.